The standard InChI is InChI=1S/C13H18N2O2S/c1-18(16,17)15-8-6-13(7-9-15)10-14-12-5-3-2-4-11(12)13/h2-5,14H,6-10H2,1H3/p+1. The zero-order chi connectivity index (χ0) is 12.8. The van der Waals surface area contributed by atoms with Crippen LogP contribution in [0.1, 0.15) is 18.4 Å². The molecule has 1 saturated heterocycles. The van der Waals surface area contributed by atoms with Crippen molar-refractivity contribution in [3.05, 3.63) is 29.8 Å². The smallest absolute Gasteiger partial charge is 0.211 e. The van der Waals surface area contributed by atoms with Crippen molar-refractivity contribution in [2.75, 3.05) is 25.9 Å². The van der Waals surface area contributed by atoms with E-state index in [2.05, 4.69) is 29.6 Å². The zero-order valence-corrected chi connectivity index (χ0v) is 11.4. The third kappa shape index (κ3) is 1.86. The quantitative estimate of drug-likeness (QED) is 0.739. The summed E-state index contributed by atoms with van der Waals surface area (Å²) in [6.45, 7) is 2.37. The third-order valence-electron chi connectivity index (χ3n) is 4.39. The molecule has 1 aromatic rings. The molecule has 2 aliphatic rings. The van der Waals surface area contributed by atoms with E-state index in [4.69, 9.17) is 0 Å². The average molecular weight is 267 g/mol. The van der Waals surface area contributed by atoms with Crippen LogP contribution in [-0.2, 0) is 15.4 Å². The summed E-state index contributed by atoms with van der Waals surface area (Å²) in [6, 6.07) is 8.52. The van der Waals surface area contributed by atoms with Gasteiger partial charge in [0.05, 0.1) is 18.2 Å². The fraction of sp³-hybridized carbons (Fsp3) is 0.538. The average Bonchev–Trinajstić information content (AvgIpc) is 2.69. The maximum absolute atomic E-state index is 11.6. The molecule has 1 fully saturated rings. The minimum atomic E-state index is -3.03. The van der Waals surface area contributed by atoms with Gasteiger partial charge in [-0.25, -0.2) is 12.7 Å². The van der Waals surface area contributed by atoms with Crippen molar-refractivity contribution in [3.8, 4) is 0 Å². The summed E-state index contributed by atoms with van der Waals surface area (Å²) in [5.74, 6) is 0. The Balaban J connectivity index is 1.85. The molecule has 2 aliphatic heterocycles. The SMILES string of the molecule is CS(=O)(=O)N1CCC2(CC1)C[NH2+]c1ccccc12. The first kappa shape index (κ1) is 12.1. The Morgan fingerprint density at radius 3 is 2.56 bits per heavy atom. The summed E-state index contributed by atoms with van der Waals surface area (Å²) in [6.07, 6.45) is 3.18. The normalized spacial score (nSPS) is 23.2. The van der Waals surface area contributed by atoms with E-state index in [-0.39, 0.29) is 5.41 Å². The Bertz CT molecular complexity index is 560. The summed E-state index contributed by atoms with van der Waals surface area (Å²) in [4.78, 5) is 0. The van der Waals surface area contributed by atoms with Crippen molar-refractivity contribution in [2.24, 2.45) is 0 Å². The molecule has 0 bridgehead atoms. The first-order valence-corrected chi connectivity index (χ1v) is 8.24. The fourth-order valence-corrected chi connectivity index (χ4v) is 4.14. The summed E-state index contributed by atoms with van der Waals surface area (Å²) in [5, 5.41) is 2.30. The van der Waals surface area contributed by atoms with E-state index in [1.807, 2.05) is 0 Å². The molecule has 0 unspecified atom stereocenters. The van der Waals surface area contributed by atoms with Gasteiger partial charge in [-0.2, -0.15) is 0 Å². The second kappa shape index (κ2) is 4.05. The van der Waals surface area contributed by atoms with E-state index >= 15 is 0 Å². The highest BCUT2D eigenvalue weighted by molar-refractivity contribution is 7.88. The summed E-state index contributed by atoms with van der Waals surface area (Å²) in [5.41, 5.74) is 2.95. The Kier molecular flexibility index (Phi) is 2.73. The molecule has 5 heteroatoms. The number of nitrogens with two attached hydrogens (primary N) is 1. The lowest BCUT2D eigenvalue weighted by Gasteiger charge is -2.36. The van der Waals surface area contributed by atoms with Crippen molar-refractivity contribution in [3.63, 3.8) is 0 Å². The summed E-state index contributed by atoms with van der Waals surface area (Å²) < 4.78 is 24.7. The van der Waals surface area contributed by atoms with Crippen molar-refractivity contribution in [2.45, 2.75) is 18.3 Å². The minimum absolute atomic E-state index is 0.192. The third-order valence-corrected chi connectivity index (χ3v) is 5.70. The van der Waals surface area contributed by atoms with Crippen LogP contribution in [0.15, 0.2) is 24.3 Å². The molecule has 2 N–H and O–H groups in total. The lowest BCUT2D eigenvalue weighted by molar-refractivity contribution is -0.569. The van der Waals surface area contributed by atoms with E-state index in [0.29, 0.717) is 13.1 Å². The van der Waals surface area contributed by atoms with Crippen LogP contribution >= 0.6 is 0 Å². The van der Waals surface area contributed by atoms with Gasteiger partial charge in [-0.3, -0.25) is 0 Å². The topological polar surface area (TPSA) is 54.0 Å². The molecule has 4 nitrogen and oxygen atoms in total. The van der Waals surface area contributed by atoms with Crippen LogP contribution in [0.25, 0.3) is 0 Å². The Hall–Kier alpha value is -0.910. The van der Waals surface area contributed by atoms with Crippen LogP contribution < -0.4 is 5.32 Å². The molecular weight excluding hydrogens is 248 g/mol. The van der Waals surface area contributed by atoms with Crippen LogP contribution in [0.2, 0.25) is 0 Å². The predicted molar refractivity (Wildman–Crippen MR) is 70.2 cm³/mol. The molecule has 3 rings (SSSR count). The lowest BCUT2D eigenvalue weighted by atomic mass is 9.75. The number of piperidine rings is 1. The van der Waals surface area contributed by atoms with E-state index in [1.54, 1.807) is 4.31 Å². The molecule has 0 amide bonds. The highest BCUT2D eigenvalue weighted by Crippen LogP contribution is 2.40. The van der Waals surface area contributed by atoms with Crippen LogP contribution in [0.3, 0.4) is 0 Å². The molecule has 0 saturated carbocycles. The Morgan fingerprint density at radius 1 is 1.22 bits per heavy atom. The van der Waals surface area contributed by atoms with Crippen molar-refractivity contribution < 1.29 is 13.7 Å². The molecule has 0 atom stereocenters. The number of para-hydroxylation sites is 1. The molecule has 0 aliphatic carbocycles. The van der Waals surface area contributed by atoms with Crippen LogP contribution in [0, 0.1) is 0 Å². The Labute approximate surface area is 108 Å². The van der Waals surface area contributed by atoms with Crippen molar-refractivity contribution >= 4 is 15.7 Å². The number of hydrogen-bond acceptors (Lipinski definition) is 2. The molecular formula is C13H19N2O2S+. The van der Waals surface area contributed by atoms with Gasteiger partial charge >= 0.3 is 0 Å². The highest BCUT2D eigenvalue weighted by Gasteiger charge is 2.45. The zero-order valence-electron chi connectivity index (χ0n) is 10.6. The van der Waals surface area contributed by atoms with Gasteiger partial charge < -0.3 is 5.32 Å². The van der Waals surface area contributed by atoms with Crippen LogP contribution in [0.5, 0.6) is 0 Å². The van der Waals surface area contributed by atoms with Gasteiger partial charge in [0.15, 0.2) is 0 Å². The van der Waals surface area contributed by atoms with E-state index in [0.717, 1.165) is 19.4 Å². The molecule has 0 aromatic heterocycles. The maximum Gasteiger partial charge on any atom is 0.211 e. The van der Waals surface area contributed by atoms with Gasteiger partial charge in [-0.05, 0) is 18.9 Å². The van der Waals surface area contributed by atoms with Crippen LogP contribution in [-0.4, -0.2) is 38.6 Å². The first-order valence-electron chi connectivity index (χ1n) is 6.39. The van der Waals surface area contributed by atoms with Crippen molar-refractivity contribution in [1.82, 2.24) is 4.31 Å². The predicted octanol–water partition coefficient (Wildman–Crippen LogP) is 0.188. The van der Waals surface area contributed by atoms with E-state index in [1.165, 1.54) is 17.5 Å². The Morgan fingerprint density at radius 2 is 1.89 bits per heavy atom. The van der Waals surface area contributed by atoms with Gasteiger partial charge in [0.1, 0.15) is 5.69 Å². The molecule has 0 radical (unpaired) electrons. The van der Waals surface area contributed by atoms with Gasteiger partial charge in [-0.15, -0.1) is 0 Å². The second-order valence-electron chi connectivity index (χ2n) is 5.44. The van der Waals surface area contributed by atoms with Crippen molar-refractivity contribution in [1.29, 1.82) is 0 Å². The first-order chi connectivity index (χ1) is 8.51. The largest absolute Gasteiger partial charge is 0.313 e. The van der Waals surface area contributed by atoms with E-state index in [9.17, 15) is 8.42 Å². The number of benzene rings is 1. The number of hydrogen-bond donors (Lipinski definition) is 1. The number of quaternary nitrogens is 1. The monoisotopic (exact) mass is 267 g/mol. The van der Waals surface area contributed by atoms with E-state index < -0.39 is 10.0 Å². The number of fused-ring (bicyclic) bond motifs is 2. The maximum atomic E-state index is 11.6. The lowest BCUT2D eigenvalue weighted by Crippen LogP contribution is -2.78. The number of rotatable bonds is 1. The highest BCUT2D eigenvalue weighted by atomic mass is 32.2. The van der Waals surface area contributed by atoms with Gasteiger partial charge in [0, 0.05) is 18.7 Å². The molecule has 2 heterocycles. The molecule has 1 spiro atoms. The second-order valence-corrected chi connectivity index (χ2v) is 7.42. The van der Waals surface area contributed by atoms with Gasteiger partial charge in [-0.1, -0.05) is 18.2 Å². The fourth-order valence-electron chi connectivity index (χ4n) is 3.29. The summed E-state index contributed by atoms with van der Waals surface area (Å²) >= 11 is 0. The van der Waals surface area contributed by atoms with Gasteiger partial charge in [0.2, 0.25) is 10.0 Å². The summed E-state index contributed by atoms with van der Waals surface area (Å²) in [7, 11) is -3.03. The molecule has 98 valence electrons. The molecule has 1 aromatic carbocycles. The number of sulfonamides is 1. The molecule has 18 heavy (non-hydrogen) atoms. The minimum Gasteiger partial charge on any atom is -0.313 e. The van der Waals surface area contributed by atoms with Gasteiger partial charge in [0.25, 0.3) is 0 Å². The number of nitrogens with zero attached hydrogens (tertiary/aromatic N) is 1. The van der Waals surface area contributed by atoms with Crippen LogP contribution in [0.4, 0.5) is 5.69 Å².